The zero-order valence-electron chi connectivity index (χ0n) is 7.94. The summed E-state index contributed by atoms with van der Waals surface area (Å²) < 4.78 is 7.42. The first-order valence-electron chi connectivity index (χ1n) is 4.31. The first-order chi connectivity index (χ1) is 7.33. The molecule has 0 aliphatic carbocycles. The lowest BCUT2D eigenvalue weighted by molar-refractivity contribution is -0.136. The molecular formula is C12H9IO2. The Morgan fingerprint density at radius 1 is 1.40 bits per heavy atom. The van der Waals surface area contributed by atoms with Crippen LogP contribution in [0.2, 0.25) is 0 Å². The SMILES string of the molecule is O=C(/C=C/c1ccccc1)OCC#CI. The number of rotatable bonds is 3. The fourth-order valence-corrected chi connectivity index (χ4v) is 1.07. The van der Waals surface area contributed by atoms with Gasteiger partial charge >= 0.3 is 5.97 Å². The van der Waals surface area contributed by atoms with Gasteiger partial charge in [-0.2, -0.15) is 0 Å². The lowest BCUT2D eigenvalue weighted by atomic mass is 10.2. The van der Waals surface area contributed by atoms with Crippen molar-refractivity contribution >= 4 is 34.6 Å². The van der Waals surface area contributed by atoms with E-state index in [4.69, 9.17) is 4.74 Å². The molecule has 0 aromatic heterocycles. The van der Waals surface area contributed by atoms with Crippen molar-refractivity contribution in [2.24, 2.45) is 0 Å². The van der Waals surface area contributed by atoms with Gasteiger partial charge in [0, 0.05) is 28.7 Å². The van der Waals surface area contributed by atoms with E-state index in [9.17, 15) is 4.79 Å². The molecule has 0 fully saturated rings. The summed E-state index contributed by atoms with van der Waals surface area (Å²) in [5.74, 6) is 2.26. The summed E-state index contributed by atoms with van der Waals surface area (Å²) in [6, 6.07) is 9.56. The fraction of sp³-hybridized carbons (Fsp3) is 0.0833. The molecule has 0 radical (unpaired) electrons. The Morgan fingerprint density at radius 3 is 2.80 bits per heavy atom. The van der Waals surface area contributed by atoms with E-state index in [1.54, 1.807) is 6.08 Å². The molecule has 76 valence electrons. The highest BCUT2D eigenvalue weighted by Crippen LogP contribution is 2.00. The molecule has 2 nitrogen and oxygen atoms in total. The maximum atomic E-state index is 11.1. The van der Waals surface area contributed by atoms with E-state index in [1.807, 2.05) is 52.9 Å². The maximum absolute atomic E-state index is 11.1. The van der Waals surface area contributed by atoms with E-state index in [-0.39, 0.29) is 12.6 Å². The van der Waals surface area contributed by atoms with Crippen LogP contribution in [0.1, 0.15) is 5.56 Å². The van der Waals surface area contributed by atoms with E-state index in [0.717, 1.165) is 5.56 Å². The van der Waals surface area contributed by atoms with Crippen LogP contribution in [-0.4, -0.2) is 12.6 Å². The third kappa shape index (κ3) is 5.23. The average molecular weight is 312 g/mol. The number of halogens is 1. The highest BCUT2D eigenvalue weighted by molar-refractivity contribution is 14.1. The fourth-order valence-electron chi connectivity index (χ4n) is 0.911. The molecule has 0 N–H and O–H groups in total. The summed E-state index contributed by atoms with van der Waals surface area (Å²) in [5.41, 5.74) is 0.967. The third-order valence-electron chi connectivity index (χ3n) is 1.56. The van der Waals surface area contributed by atoms with Crippen LogP contribution in [0, 0.1) is 9.85 Å². The Bertz CT molecular complexity index is 399. The van der Waals surface area contributed by atoms with Gasteiger partial charge in [-0.1, -0.05) is 36.3 Å². The van der Waals surface area contributed by atoms with Crippen LogP contribution in [0.5, 0.6) is 0 Å². The van der Waals surface area contributed by atoms with Crippen molar-refractivity contribution in [3.63, 3.8) is 0 Å². The van der Waals surface area contributed by atoms with Crippen LogP contribution in [-0.2, 0) is 9.53 Å². The number of carbonyl (C=O) groups is 1. The van der Waals surface area contributed by atoms with Crippen LogP contribution in [0.15, 0.2) is 36.4 Å². The third-order valence-corrected chi connectivity index (χ3v) is 1.95. The summed E-state index contributed by atoms with van der Waals surface area (Å²) in [6.07, 6.45) is 3.10. The first-order valence-corrected chi connectivity index (χ1v) is 5.39. The number of benzene rings is 1. The average Bonchev–Trinajstić information content (AvgIpc) is 2.28. The van der Waals surface area contributed by atoms with Crippen molar-refractivity contribution in [1.82, 2.24) is 0 Å². The summed E-state index contributed by atoms with van der Waals surface area (Å²) in [7, 11) is 0. The smallest absolute Gasteiger partial charge is 0.331 e. The van der Waals surface area contributed by atoms with Crippen molar-refractivity contribution in [1.29, 1.82) is 0 Å². The Hall–Kier alpha value is -1.28. The van der Waals surface area contributed by atoms with Gasteiger partial charge in [0.25, 0.3) is 0 Å². The van der Waals surface area contributed by atoms with Gasteiger partial charge in [0.2, 0.25) is 0 Å². The van der Waals surface area contributed by atoms with Gasteiger partial charge in [0.1, 0.15) is 0 Å². The topological polar surface area (TPSA) is 26.3 Å². The van der Waals surface area contributed by atoms with Gasteiger partial charge in [-0.15, -0.1) is 0 Å². The lowest BCUT2D eigenvalue weighted by Gasteiger charge is -1.94. The molecule has 0 saturated carbocycles. The summed E-state index contributed by atoms with van der Waals surface area (Å²) in [4.78, 5) is 11.1. The first kappa shape index (κ1) is 11.8. The van der Waals surface area contributed by atoms with E-state index < -0.39 is 0 Å². The van der Waals surface area contributed by atoms with E-state index >= 15 is 0 Å². The molecular weight excluding hydrogens is 303 g/mol. The lowest BCUT2D eigenvalue weighted by Crippen LogP contribution is -1.99. The van der Waals surface area contributed by atoms with Gasteiger partial charge in [-0.05, 0) is 15.6 Å². The van der Waals surface area contributed by atoms with Crippen molar-refractivity contribution in [3.8, 4) is 9.85 Å². The number of carbonyl (C=O) groups excluding carboxylic acids is 1. The Morgan fingerprint density at radius 2 is 2.13 bits per heavy atom. The van der Waals surface area contributed by atoms with Gasteiger partial charge in [0.05, 0.1) is 0 Å². The van der Waals surface area contributed by atoms with Crippen molar-refractivity contribution < 1.29 is 9.53 Å². The second kappa shape index (κ2) is 7.07. The zero-order chi connectivity index (χ0) is 10.9. The van der Waals surface area contributed by atoms with Gasteiger partial charge in [0.15, 0.2) is 6.61 Å². The van der Waals surface area contributed by atoms with Crippen LogP contribution >= 0.6 is 22.6 Å². The van der Waals surface area contributed by atoms with Gasteiger partial charge in [-0.3, -0.25) is 0 Å². The molecule has 3 heteroatoms. The molecule has 0 aliphatic heterocycles. The summed E-state index contributed by atoms with van der Waals surface area (Å²) in [6.45, 7) is 0.140. The van der Waals surface area contributed by atoms with Gasteiger partial charge in [-0.25, -0.2) is 4.79 Å². The van der Waals surface area contributed by atoms with Crippen LogP contribution < -0.4 is 0 Å². The number of ether oxygens (including phenoxy) is 1. The molecule has 0 heterocycles. The largest absolute Gasteiger partial charge is 0.449 e. The Kier molecular flexibility index (Phi) is 5.56. The quantitative estimate of drug-likeness (QED) is 0.371. The minimum Gasteiger partial charge on any atom is -0.449 e. The normalized spacial score (nSPS) is 9.40. The molecule has 15 heavy (non-hydrogen) atoms. The number of hydrogen-bond acceptors (Lipinski definition) is 2. The predicted molar refractivity (Wildman–Crippen MR) is 68.2 cm³/mol. The van der Waals surface area contributed by atoms with Crippen molar-refractivity contribution in [2.75, 3.05) is 6.61 Å². The molecule has 0 unspecified atom stereocenters. The molecule has 1 aromatic carbocycles. The van der Waals surface area contributed by atoms with Crippen LogP contribution in [0.3, 0.4) is 0 Å². The molecule has 0 aliphatic rings. The van der Waals surface area contributed by atoms with Crippen LogP contribution in [0.25, 0.3) is 6.08 Å². The molecule has 0 spiro atoms. The highest BCUT2D eigenvalue weighted by Gasteiger charge is 1.93. The number of hydrogen-bond donors (Lipinski definition) is 0. The van der Waals surface area contributed by atoms with Gasteiger partial charge < -0.3 is 4.74 Å². The molecule has 0 bridgehead atoms. The highest BCUT2D eigenvalue weighted by atomic mass is 127. The number of esters is 1. The van der Waals surface area contributed by atoms with Crippen molar-refractivity contribution in [3.05, 3.63) is 42.0 Å². The van der Waals surface area contributed by atoms with E-state index in [1.165, 1.54) is 6.08 Å². The molecule has 1 aromatic rings. The monoisotopic (exact) mass is 312 g/mol. The Labute approximate surface area is 102 Å². The second-order valence-corrected chi connectivity index (χ2v) is 3.16. The minimum absolute atomic E-state index is 0.140. The zero-order valence-corrected chi connectivity index (χ0v) is 10.1. The predicted octanol–water partition coefficient (Wildman–Crippen LogP) is 2.64. The van der Waals surface area contributed by atoms with E-state index in [2.05, 4.69) is 9.85 Å². The van der Waals surface area contributed by atoms with Crippen LogP contribution in [0.4, 0.5) is 0 Å². The molecule has 0 saturated heterocycles. The molecule has 0 atom stereocenters. The summed E-state index contributed by atoms with van der Waals surface area (Å²) in [5, 5.41) is 0. The van der Waals surface area contributed by atoms with E-state index in [0.29, 0.717) is 0 Å². The Balaban J connectivity index is 2.43. The molecule has 0 amide bonds. The maximum Gasteiger partial charge on any atom is 0.331 e. The molecule has 1 rings (SSSR count). The standard InChI is InChI=1S/C12H9IO2/c13-9-4-10-15-12(14)8-7-11-5-2-1-3-6-11/h1-3,5-8H,10H2/b8-7+. The minimum atomic E-state index is -0.377. The second-order valence-electron chi connectivity index (χ2n) is 2.62. The van der Waals surface area contributed by atoms with Crippen molar-refractivity contribution in [2.45, 2.75) is 0 Å². The summed E-state index contributed by atoms with van der Waals surface area (Å²) >= 11 is 1.89.